The summed E-state index contributed by atoms with van der Waals surface area (Å²) in [7, 11) is -17.2. The molecule has 0 spiro atoms. The number of nitrogens with zero attached hydrogens (tertiary/aromatic N) is 3. The summed E-state index contributed by atoms with van der Waals surface area (Å²) in [6, 6.07) is 0. The van der Waals surface area contributed by atoms with Crippen LogP contribution in [0.3, 0.4) is 0 Å². The highest BCUT2D eigenvalue weighted by atomic mass is 31.3. The van der Waals surface area contributed by atoms with E-state index in [1.165, 1.54) is 0 Å². The van der Waals surface area contributed by atoms with Gasteiger partial charge in [0.2, 0.25) is 0 Å². The molecule has 1 aromatic heterocycles. The minimum absolute atomic E-state index is 0.330. The standard InChI is InChI=1S/C11H20FN4O14P3/c1-10(2,28-32(23,24)30-33(25,26)29-31(20,21)22)7-6(17)11(19,4-12)8(27-7)16-9(18)15-5(13)3-14-16/h3,6-8,17,19H,4H2,1-2H3,(H,23,24)(H,25,26)(H2,13,15,18)(H2,20,21,22)/t6?,7-,8+,11+/m0/s1. The summed E-state index contributed by atoms with van der Waals surface area (Å²) < 4.78 is 65.6. The monoisotopic (exact) mass is 544 g/mol. The maximum atomic E-state index is 13.8. The molecule has 2 heterocycles. The van der Waals surface area contributed by atoms with Crippen molar-refractivity contribution in [3.05, 3.63) is 16.7 Å². The first-order valence-electron chi connectivity index (χ1n) is 8.41. The maximum Gasteiger partial charge on any atom is 0.490 e. The molecule has 1 fully saturated rings. The van der Waals surface area contributed by atoms with Gasteiger partial charge in [-0.25, -0.2) is 22.9 Å². The Morgan fingerprint density at radius 1 is 1.24 bits per heavy atom. The molecule has 1 aliphatic heterocycles. The van der Waals surface area contributed by atoms with Crippen molar-refractivity contribution in [1.29, 1.82) is 0 Å². The molecule has 0 saturated carbocycles. The molecule has 0 aromatic carbocycles. The van der Waals surface area contributed by atoms with Crippen LogP contribution in [-0.2, 0) is 31.6 Å². The highest BCUT2D eigenvalue weighted by Gasteiger charge is 2.62. The van der Waals surface area contributed by atoms with Gasteiger partial charge in [-0.05, 0) is 13.8 Å². The molecular weight excluding hydrogens is 524 g/mol. The molecule has 190 valence electrons. The Labute approximate surface area is 183 Å². The molecule has 33 heavy (non-hydrogen) atoms. The number of aliphatic hydroxyl groups is 2. The quantitative estimate of drug-likeness (QED) is 0.171. The molecule has 18 nitrogen and oxygen atoms in total. The van der Waals surface area contributed by atoms with Crippen molar-refractivity contribution < 1.29 is 65.8 Å². The van der Waals surface area contributed by atoms with Crippen LogP contribution in [0.15, 0.2) is 11.0 Å². The number of hydrogen-bond donors (Lipinski definition) is 7. The molecule has 0 amide bonds. The molecule has 8 N–H and O–H groups in total. The first-order valence-corrected chi connectivity index (χ1v) is 12.9. The van der Waals surface area contributed by atoms with Crippen LogP contribution in [0.4, 0.5) is 10.2 Å². The fourth-order valence-electron chi connectivity index (χ4n) is 2.87. The third-order valence-electron chi connectivity index (χ3n) is 4.13. The zero-order valence-electron chi connectivity index (χ0n) is 16.6. The van der Waals surface area contributed by atoms with Gasteiger partial charge in [-0.2, -0.15) is 23.4 Å². The van der Waals surface area contributed by atoms with E-state index in [1.54, 1.807) is 0 Å². The predicted molar refractivity (Wildman–Crippen MR) is 101 cm³/mol. The van der Waals surface area contributed by atoms with E-state index in [4.69, 9.17) is 20.3 Å². The number of alkyl halides is 1. The molecule has 0 aliphatic carbocycles. The number of aliphatic hydroxyl groups excluding tert-OH is 1. The fourth-order valence-corrected chi connectivity index (χ4v) is 6.20. The van der Waals surface area contributed by atoms with Gasteiger partial charge in [-0.15, -0.1) is 0 Å². The van der Waals surface area contributed by atoms with E-state index in [2.05, 4.69) is 23.2 Å². The van der Waals surface area contributed by atoms with Crippen molar-refractivity contribution in [1.82, 2.24) is 14.8 Å². The van der Waals surface area contributed by atoms with Crippen molar-refractivity contribution in [2.75, 3.05) is 12.4 Å². The average Bonchev–Trinajstić information content (AvgIpc) is 2.83. The predicted octanol–water partition coefficient (Wildman–Crippen LogP) is -1.70. The van der Waals surface area contributed by atoms with Gasteiger partial charge >= 0.3 is 29.2 Å². The lowest BCUT2D eigenvalue weighted by Gasteiger charge is -2.34. The minimum Gasteiger partial charge on any atom is -0.387 e. The van der Waals surface area contributed by atoms with Gasteiger partial charge in [0.1, 0.15) is 30.3 Å². The summed E-state index contributed by atoms with van der Waals surface area (Å²) in [6.45, 7) is 0.134. The van der Waals surface area contributed by atoms with Crippen LogP contribution in [0.25, 0.3) is 0 Å². The van der Waals surface area contributed by atoms with Gasteiger partial charge in [0.25, 0.3) is 0 Å². The third-order valence-corrected chi connectivity index (χ3v) is 8.15. The topological polar surface area (TPSA) is 283 Å². The normalized spacial score (nSPS) is 30.0. The second kappa shape index (κ2) is 9.13. The first-order chi connectivity index (χ1) is 14.7. The summed E-state index contributed by atoms with van der Waals surface area (Å²) in [6.07, 6.45) is -5.40. The van der Waals surface area contributed by atoms with Crippen molar-refractivity contribution in [2.24, 2.45) is 0 Å². The largest absolute Gasteiger partial charge is 0.490 e. The number of anilines is 1. The molecule has 1 aliphatic rings. The summed E-state index contributed by atoms with van der Waals surface area (Å²) in [4.78, 5) is 51.4. The first kappa shape index (κ1) is 28.1. The van der Waals surface area contributed by atoms with Crippen molar-refractivity contribution in [2.45, 2.75) is 43.5 Å². The van der Waals surface area contributed by atoms with Crippen molar-refractivity contribution >= 4 is 29.3 Å². The molecule has 0 radical (unpaired) electrons. The molecule has 1 aromatic rings. The number of nitrogens with two attached hydrogens (primary N) is 1. The van der Waals surface area contributed by atoms with Crippen molar-refractivity contribution in [3.63, 3.8) is 0 Å². The Bertz CT molecular complexity index is 1090. The third kappa shape index (κ3) is 6.49. The Hall–Kier alpha value is -1.17. The van der Waals surface area contributed by atoms with Gasteiger partial charge in [0.05, 0.1) is 6.20 Å². The van der Waals surface area contributed by atoms with Crippen LogP contribution in [-0.4, -0.2) is 74.6 Å². The number of aromatic nitrogens is 3. The molecule has 22 heteroatoms. The van der Waals surface area contributed by atoms with Gasteiger partial charge < -0.3 is 40.3 Å². The zero-order valence-corrected chi connectivity index (χ0v) is 19.3. The van der Waals surface area contributed by atoms with Crippen LogP contribution in [0.1, 0.15) is 20.1 Å². The van der Waals surface area contributed by atoms with Gasteiger partial charge in [-0.1, -0.05) is 0 Å². The summed E-state index contributed by atoms with van der Waals surface area (Å²) in [5.74, 6) is -0.330. The molecule has 6 atom stereocenters. The highest BCUT2D eigenvalue weighted by molar-refractivity contribution is 7.66. The van der Waals surface area contributed by atoms with Crippen LogP contribution in [0, 0.1) is 0 Å². The molecule has 0 bridgehead atoms. The molecular formula is C11H20FN4O14P3. The molecule has 1 saturated heterocycles. The Balaban J connectivity index is 2.34. The maximum absolute atomic E-state index is 13.8. The second-order valence-corrected chi connectivity index (χ2v) is 11.5. The van der Waals surface area contributed by atoms with Crippen LogP contribution < -0.4 is 11.4 Å². The lowest BCUT2D eigenvalue weighted by Crippen LogP contribution is -2.54. The van der Waals surface area contributed by atoms with E-state index in [9.17, 15) is 42.9 Å². The van der Waals surface area contributed by atoms with E-state index in [-0.39, 0.29) is 5.82 Å². The van der Waals surface area contributed by atoms with E-state index >= 15 is 0 Å². The van der Waals surface area contributed by atoms with E-state index < -0.39 is 65.5 Å². The van der Waals surface area contributed by atoms with Gasteiger partial charge in [-0.3, -0.25) is 4.52 Å². The van der Waals surface area contributed by atoms with Crippen LogP contribution in [0.5, 0.6) is 0 Å². The zero-order chi connectivity index (χ0) is 25.6. The molecule has 3 unspecified atom stereocenters. The van der Waals surface area contributed by atoms with E-state index in [0.29, 0.717) is 4.68 Å². The Kier molecular flexibility index (Phi) is 7.76. The van der Waals surface area contributed by atoms with Crippen LogP contribution >= 0.6 is 23.5 Å². The SMILES string of the molecule is CC(C)(OP(=O)(O)OP(=O)(O)OP(=O)(O)O)[C@H]1O[C@@H](n2ncc(N)nc2=O)[C@@](O)(CF)C1O. The number of ether oxygens (including phenoxy) is 1. The Morgan fingerprint density at radius 3 is 2.30 bits per heavy atom. The number of rotatable bonds is 9. The number of phosphoric ester groups is 1. The lowest BCUT2D eigenvalue weighted by molar-refractivity contribution is -0.134. The minimum atomic E-state index is -5.86. The second-order valence-electron chi connectivity index (χ2n) is 7.17. The van der Waals surface area contributed by atoms with E-state index in [0.717, 1.165) is 20.0 Å². The number of nitrogen functional groups attached to an aromatic ring is 1. The lowest BCUT2D eigenvalue weighted by atomic mass is 9.88. The smallest absolute Gasteiger partial charge is 0.387 e. The Morgan fingerprint density at radius 2 is 1.82 bits per heavy atom. The summed E-state index contributed by atoms with van der Waals surface area (Å²) >= 11 is 0. The average molecular weight is 544 g/mol. The van der Waals surface area contributed by atoms with Gasteiger partial charge in [0, 0.05) is 0 Å². The highest BCUT2D eigenvalue weighted by Crippen LogP contribution is 2.67. The summed E-state index contributed by atoms with van der Waals surface area (Å²) in [5.41, 5.74) is -1.05. The number of phosphoric acid groups is 3. The van der Waals surface area contributed by atoms with E-state index in [1.807, 2.05) is 0 Å². The number of hydrogen-bond acceptors (Lipinski definition) is 13. The summed E-state index contributed by atoms with van der Waals surface area (Å²) in [5, 5.41) is 24.6. The van der Waals surface area contributed by atoms with Crippen LogP contribution in [0.2, 0.25) is 0 Å². The molecule has 2 rings (SSSR count). The fraction of sp³-hybridized carbons (Fsp3) is 0.727. The van der Waals surface area contributed by atoms with Gasteiger partial charge in [0.15, 0.2) is 11.8 Å². The number of halogens is 1. The van der Waals surface area contributed by atoms with Crippen molar-refractivity contribution in [3.8, 4) is 0 Å².